The number of benzene rings is 1. The summed E-state index contributed by atoms with van der Waals surface area (Å²) in [7, 11) is 0. The Bertz CT molecular complexity index is 566. The Morgan fingerprint density at radius 3 is 2.86 bits per heavy atom. The van der Waals surface area contributed by atoms with Gasteiger partial charge in [0.1, 0.15) is 0 Å². The van der Waals surface area contributed by atoms with Gasteiger partial charge in [0.25, 0.3) is 0 Å². The zero-order valence-electron chi connectivity index (χ0n) is 12.5. The molecule has 1 saturated heterocycles. The van der Waals surface area contributed by atoms with Gasteiger partial charge < -0.3 is 10.2 Å². The van der Waals surface area contributed by atoms with Gasteiger partial charge in [-0.2, -0.15) is 0 Å². The van der Waals surface area contributed by atoms with Gasteiger partial charge in [0, 0.05) is 24.2 Å². The second-order valence-corrected chi connectivity index (χ2v) is 5.83. The van der Waals surface area contributed by atoms with Crippen molar-refractivity contribution in [2.45, 2.75) is 44.8 Å². The van der Waals surface area contributed by atoms with E-state index in [1.165, 1.54) is 19.3 Å². The standard InChI is InChI=1S/C17H23N3O/c1-13-6-5-9-15(10-18)20(13)12-17-19-11-16(21-17)14-7-3-2-4-8-14/h2-4,7-8,11,13,15H,5-6,9-10,12,18H2,1H3. The third-order valence-electron chi connectivity index (χ3n) is 4.40. The molecular formula is C17H23N3O. The molecule has 2 heterocycles. The Hall–Kier alpha value is -1.65. The van der Waals surface area contributed by atoms with Crippen LogP contribution in [0.2, 0.25) is 0 Å². The summed E-state index contributed by atoms with van der Waals surface area (Å²) in [5.41, 5.74) is 6.98. The Labute approximate surface area is 126 Å². The van der Waals surface area contributed by atoms with Crippen molar-refractivity contribution in [3.63, 3.8) is 0 Å². The molecule has 0 aliphatic carbocycles. The van der Waals surface area contributed by atoms with Crippen LogP contribution >= 0.6 is 0 Å². The highest BCUT2D eigenvalue weighted by Gasteiger charge is 2.28. The van der Waals surface area contributed by atoms with Gasteiger partial charge in [0.15, 0.2) is 5.76 Å². The Morgan fingerprint density at radius 2 is 2.10 bits per heavy atom. The summed E-state index contributed by atoms with van der Waals surface area (Å²) in [6.07, 6.45) is 5.48. The molecule has 2 unspecified atom stereocenters. The third-order valence-corrected chi connectivity index (χ3v) is 4.40. The molecule has 1 aromatic carbocycles. The minimum atomic E-state index is 0.445. The average molecular weight is 285 g/mol. The number of hydrogen-bond acceptors (Lipinski definition) is 4. The lowest BCUT2D eigenvalue weighted by atomic mass is 9.96. The van der Waals surface area contributed by atoms with E-state index in [4.69, 9.17) is 10.2 Å². The van der Waals surface area contributed by atoms with E-state index >= 15 is 0 Å². The molecule has 2 aromatic rings. The molecule has 2 N–H and O–H groups in total. The van der Waals surface area contributed by atoms with E-state index in [0.717, 1.165) is 23.8 Å². The fourth-order valence-electron chi connectivity index (χ4n) is 3.15. The van der Waals surface area contributed by atoms with Crippen LogP contribution in [0, 0.1) is 0 Å². The first-order valence-corrected chi connectivity index (χ1v) is 7.74. The van der Waals surface area contributed by atoms with Crippen LogP contribution in [-0.4, -0.2) is 28.5 Å². The fourth-order valence-corrected chi connectivity index (χ4v) is 3.15. The normalized spacial score (nSPS) is 23.3. The molecule has 1 aromatic heterocycles. The highest BCUT2D eigenvalue weighted by molar-refractivity contribution is 5.55. The van der Waals surface area contributed by atoms with Crippen molar-refractivity contribution in [2.24, 2.45) is 5.73 Å². The highest BCUT2D eigenvalue weighted by Crippen LogP contribution is 2.26. The second kappa shape index (κ2) is 6.41. The molecule has 21 heavy (non-hydrogen) atoms. The maximum absolute atomic E-state index is 5.92. The van der Waals surface area contributed by atoms with Crippen molar-refractivity contribution in [2.75, 3.05) is 6.54 Å². The Morgan fingerprint density at radius 1 is 1.29 bits per heavy atom. The summed E-state index contributed by atoms with van der Waals surface area (Å²) in [4.78, 5) is 6.88. The number of likely N-dealkylation sites (tertiary alicyclic amines) is 1. The van der Waals surface area contributed by atoms with Gasteiger partial charge in [-0.1, -0.05) is 36.8 Å². The van der Waals surface area contributed by atoms with Gasteiger partial charge in [-0.15, -0.1) is 0 Å². The largest absolute Gasteiger partial charge is 0.439 e. The number of hydrogen-bond donors (Lipinski definition) is 1. The number of nitrogens with two attached hydrogens (primary N) is 1. The molecule has 1 fully saturated rings. The van der Waals surface area contributed by atoms with E-state index in [2.05, 4.69) is 16.8 Å². The van der Waals surface area contributed by atoms with E-state index in [0.29, 0.717) is 18.6 Å². The van der Waals surface area contributed by atoms with E-state index in [-0.39, 0.29) is 0 Å². The lowest BCUT2D eigenvalue weighted by molar-refractivity contribution is 0.0797. The van der Waals surface area contributed by atoms with Gasteiger partial charge in [-0.05, 0) is 19.8 Å². The second-order valence-electron chi connectivity index (χ2n) is 5.83. The maximum atomic E-state index is 5.92. The molecule has 0 bridgehead atoms. The van der Waals surface area contributed by atoms with Gasteiger partial charge in [-0.25, -0.2) is 4.98 Å². The van der Waals surface area contributed by atoms with Crippen LogP contribution in [0.25, 0.3) is 11.3 Å². The van der Waals surface area contributed by atoms with Crippen LogP contribution in [0.4, 0.5) is 0 Å². The van der Waals surface area contributed by atoms with Gasteiger partial charge in [0.2, 0.25) is 5.89 Å². The monoisotopic (exact) mass is 285 g/mol. The minimum Gasteiger partial charge on any atom is -0.439 e. The number of piperidine rings is 1. The summed E-state index contributed by atoms with van der Waals surface area (Å²) >= 11 is 0. The van der Waals surface area contributed by atoms with E-state index in [1.54, 1.807) is 0 Å². The van der Waals surface area contributed by atoms with Crippen molar-refractivity contribution < 1.29 is 4.42 Å². The van der Waals surface area contributed by atoms with Crippen LogP contribution in [0.1, 0.15) is 32.1 Å². The number of aromatic nitrogens is 1. The molecule has 3 rings (SSSR count). The smallest absolute Gasteiger partial charge is 0.209 e. The minimum absolute atomic E-state index is 0.445. The zero-order chi connectivity index (χ0) is 14.7. The molecule has 0 spiro atoms. The molecule has 1 aliphatic heterocycles. The molecule has 0 radical (unpaired) electrons. The van der Waals surface area contributed by atoms with Crippen molar-refractivity contribution in [1.82, 2.24) is 9.88 Å². The number of oxazole rings is 1. The molecular weight excluding hydrogens is 262 g/mol. The topological polar surface area (TPSA) is 55.3 Å². The molecule has 4 nitrogen and oxygen atoms in total. The first kappa shape index (κ1) is 14.3. The van der Waals surface area contributed by atoms with Crippen LogP contribution in [-0.2, 0) is 6.54 Å². The zero-order valence-corrected chi connectivity index (χ0v) is 12.5. The van der Waals surface area contributed by atoms with Crippen molar-refractivity contribution in [3.05, 3.63) is 42.4 Å². The first-order chi connectivity index (χ1) is 10.3. The third kappa shape index (κ3) is 3.17. The van der Waals surface area contributed by atoms with Crippen LogP contribution in [0.5, 0.6) is 0 Å². The van der Waals surface area contributed by atoms with Crippen LogP contribution < -0.4 is 5.73 Å². The molecule has 2 atom stereocenters. The lowest BCUT2D eigenvalue weighted by Crippen LogP contribution is -2.48. The maximum Gasteiger partial charge on any atom is 0.209 e. The number of nitrogens with zero attached hydrogens (tertiary/aromatic N) is 2. The summed E-state index contributed by atoms with van der Waals surface area (Å²) in [5, 5.41) is 0. The summed E-state index contributed by atoms with van der Waals surface area (Å²) in [5.74, 6) is 1.61. The van der Waals surface area contributed by atoms with E-state index < -0.39 is 0 Å². The van der Waals surface area contributed by atoms with Gasteiger partial charge in [-0.3, -0.25) is 4.90 Å². The van der Waals surface area contributed by atoms with E-state index in [9.17, 15) is 0 Å². The highest BCUT2D eigenvalue weighted by atomic mass is 16.4. The predicted molar refractivity (Wildman–Crippen MR) is 83.6 cm³/mol. The SMILES string of the molecule is CC1CCCC(CN)N1Cc1ncc(-c2ccccc2)o1. The predicted octanol–water partition coefficient (Wildman–Crippen LogP) is 3.04. The quantitative estimate of drug-likeness (QED) is 0.938. The van der Waals surface area contributed by atoms with Gasteiger partial charge in [0.05, 0.1) is 12.7 Å². The Kier molecular flexibility index (Phi) is 4.36. The van der Waals surface area contributed by atoms with Crippen LogP contribution in [0.3, 0.4) is 0 Å². The fraction of sp³-hybridized carbons (Fsp3) is 0.471. The molecule has 0 amide bonds. The molecule has 112 valence electrons. The lowest BCUT2D eigenvalue weighted by Gasteiger charge is -2.39. The van der Waals surface area contributed by atoms with Crippen molar-refractivity contribution in [3.8, 4) is 11.3 Å². The van der Waals surface area contributed by atoms with Crippen LogP contribution in [0.15, 0.2) is 40.9 Å². The van der Waals surface area contributed by atoms with Crippen molar-refractivity contribution in [1.29, 1.82) is 0 Å². The molecule has 4 heteroatoms. The van der Waals surface area contributed by atoms with Gasteiger partial charge >= 0.3 is 0 Å². The van der Waals surface area contributed by atoms with Crippen molar-refractivity contribution >= 4 is 0 Å². The number of rotatable bonds is 4. The van der Waals surface area contributed by atoms with E-state index in [1.807, 2.05) is 36.5 Å². The summed E-state index contributed by atoms with van der Waals surface area (Å²) in [6.45, 7) is 3.72. The summed E-state index contributed by atoms with van der Waals surface area (Å²) < 4.78 is 5.92. The molecule has 0 saturated carbocycles. The molecule has 1 aliphatic rings. The first-order valence-electron chi connectivity index (χ1n) is 7.74. The average Bonchev–Trinajstić information content (AvgIpc) is 2.99. The summed E-state index contributed by atoms with van der Waals surface area (Å²) in [6, 6.07) is 11.1. The Balaban J connectivity index is 1.74.